The number of hydrogen-bond acceptors (Lipinski definition) is 5. The number of aryl methyl sites for hydroxylation is 1. The predicted molar refractivity (Wildman–Crippen MR) is 130 cm³/mol. The highest BCUT2D eigenvalue weighted by molar-refractivity contribution is 7.92. The molecule has 0 radical (unpaired) electrons. The van der Waals surface area contributed by atoms with E-state index in [1.165, 1.54) is 24.3 Å². The monoisotopic (exact) mass is 503 g/mol. The molecule has 1 N–H and O–H groups in total. The van der Waals surface area contributed by atoms with Gasteiger partial charge in [-0.1, -0.05) is 53.6 Å². The SMILES string of the molecule is Cc1ccc([C@@H]2CC(c3cccc(NS(C)(=O)=O)c3)=NN2S(=O)(=O)c2ccc(Cl)cc2)cc1. The van der Waals surface area contributed by atoms with E-state index in [0.717, 1.165) is 21.8 Å². The van der Waals surface area contributed by atoms with Crippen LogP contribution in [0.25, 0.3) is 0 Å². The largest absolute Gasteiger partial charge is 0.284 e. The van der Waals surface area contributed by atoms with Crippen molar-refractivity contribution in [1.82, 2.24) is 4.41 Å². The Bertz CT molecular complexity index is 1420. The molecule has 0 bridgehead atoms. The van der Waals surface area contributed by atoms with Crippen molar-refractivity contribution >= 4 is 43.0 Å². The molecule has 0 saturated heterocycles. The first kappa shape index (κ1) is 23.3. The third kappa shape index (κ3) is 5.21. The van der Waals surface area contributed by atoms with E-state index in [0.29, 0.717) is 28.4 Å². The van der Waals surface area contributed by atoms with E-state index in [9.17, 15) is 16.8 Å². The van der Waals surface area contributed by atoms with Gasteiger partial charge in [-0.15, -0.1) is 0 Å². The van der Waals surface area contributed by atoms with Gasteiger partial charge in [0.2, 0.25) is 10.0 Å². The second-order valence-electron chi connectivity index (χ2n) is 7.86. The summed E-state index contributed by atoms with van der Waals surface area (Å²) in [7, 11) is -7.42. The Morgan fingerprint density at radius 3 is 2.27 bits per heavy atom. The molecule has 1 heterocycles. The molecule has 1 aliphatic heterocycles. The highest BCUT2D eigenvalue weighted by Crippen LogP contribution is 2.37. The van der Waals surface area contributed by atoms with Gasteiger partial charge in [0.15, 0.2) is 0 Å². The summed E-state index contributed by atoms with van der Waals surface area (Å²) in [6.07, 6.45) is 1.40. The third-order valence-corrected chi connectivity index (χ3v) is 7.75. The highest BCUT2D eigenvalue weighted by Gasteiger charge is 2.37. The molecule has 0 saturated carbocycles. The summed E-state index contributed by atoms with van der Waals surface area (Å²) < 4.78 is 53.8. The van der Waals surface area contributed by atoms with Crippen molar-refractivity contribution < 1.29 is 16.8 Å². The Kier molecular flexibility index (Phi) is 6.22. The number of rotatable bonds is 6. The first-order chi connectivity index (χ1) is 15.5. The molecule has 3 aromatic carbocycles. The average Bonchev–Trinajstić information content (AvgIpc) is 3.20. The minimum Gasteiger partial charge on any atom is -0.284 e. The Morgan fingerprint density at radius 1 is 0.970 bits per heavy atom. The summed E-state index contributed by atoms with van der Waals surface area (Å²) in [6, 6.07) is 19.8. The van der Waals surface area contributed by atoms with Crippen LogP contribution in [-0.2, 0) is 20.0 Å². The molecule has 7 nitrogen and oxygen atoms in total. The van der Waals surface area contributed by atoms with Gasteiger partial charge >= 0.3 is 0 Å². The van der Waals surface area contributed by atoms with Crippen LogP contribution in [0.4, 0.5) is 5.69 Å². The summed E-state index contributed by atoms with van der Waals surface area (Å²) in [5.74, 6) is 0. The first-order valence-corrected chi connectivity index (χ1v) is 13.8. The molecule has 1 atom stereocenters. The lowest BCUT2D eigenvalue weighted by molar-refractivity contribution is 0.371. The van der Waals surface area contributed by atoms with E-state index in [-0.39, 0.29) is 4.90 Å². The maximum atomic E-state index is 13.5. The van der Waals surface area contributed by atoms with Gasteiger partial charge in [0.25, 0.3) is 10.0 Å². The second-order valence-corrected chi connectivity index (χ2v) is 11.8. The maximum absolute atomic E-state index is 13.5. The molecule has 0 amide bonds. The molecule has 10 heteroatoms. The van der Waals surface area contributed by atoms with Gasteiger partial charge in [-0.25, -0.2) is 8.42 Å². The number of benzene rings is 3. The van der Waals surface area contributed by atoms with Crippen LogP contribution in [0.3, 0.4) is 0 Å². The Hall–Kier alpha value is -2.88. The van der Waals surface area contributed by atoms with E-state index in [1.807, 2.05) is 31.2 Å². The van der Waals surface area contributed by atoms with Crippen LogP contribution in [-0.4, -0.2) is 33.2 Å². The number of sulfonamides is 2. The van der Waals surface area contributed by atoms with E-state index in [1.54, 1.807) is 24.3 Å². The Labute approximate surface area is 198 Å². The van der Waals surface area contributed by atoms with Crippen molar-refractivity contribution in [1.29, 1.82) is 0 Å². The van der Waals surface area contributed by atoms with Crippen LogP contribution < -0.4 is 4.72 Å². The van der Waals surface area contributed by atoms with Gasteiger partial charge in [0.05, 0.1) is 22.9 Å². The lowest BCUT2D eigenvalue weighted by Gasteiger charge is -2.23. The highest BCUT2D eigenvalue weighted by atomic mass is 35.5. The van der Waals surface area contributed by atoms with Crippen molar-refractivity contribution in [3.63, 3.8) is 0 Å². The van der Waals surface area contributed by atoms with Gasteiger partial charge in [-0.3, -0.25) is 4.72 Å². The molecular weight excluding hydrogens is 482 g/mol. The van der Waals surface area contributed by atoms with Crippen LogP contribution in [0.15, 0.2) is 82.8 Å². The normalized spacial score (nSPS) is 16.5. The summed E-state index contributed by atoms with van der Waals surface area (Å²) in [6.45, 7) is 1.96. The van der Waals surface area contributed by atoms with Crippen LogP contribution in [0.1, 0.15) is 29.2 Å². The molecule has 172 valence electrons. The molecular formula is C23H22ClN3O4S2. The zero-order valence-electron chi connectivity index (χ0n) is 17.9. The van der Waals surface area contributed by atoms with E-state index in [2.05, 4.69) is 9.82 Å². The molecule has 0 aliphatic carbocycles. The average molecular weight is 504 g/mol. The van der Waals surface area contributed by atoms with Crippen molar-refractivity contribution in [3.05, 3.63) is 94.5 Å². The minimum atomic E-state index is -3.97. The fourth-order valence-corrected chi connectivity index (χ4v) is 5.73. The molecule has 4 rings (SSSR count). The lowest BCUT2D eigenvalue weighted by atomic mass is 9.98. The van der Waals surface area contributed by atoms with Gasteiger partial charge in [0.1, 0.15) is 0 Å². The van der Waals surface area contributed by atoms with Gasteiger partial charge in [-0.05, 0) is 54.4 Å². The zero-order valence-corrected chi connectivity index (χ0v) is 20.3. The smallest absolute Gasteiger partial charge is 0.279 e. The maximum Gasteiger partial charge on any atom is 0.279 e. The molecule has 0 unspecified atom stereocenters. The quantitative estimate of drug-likeness (QED) is 0.533. The Morgan fingerprint density at radius 2 is 1.64 bits per heavy atom. The standard InChI is InChI=1S/C23H22ClN3O4S2/c1-16-6-8-17(9-7-16)23-15-22(18-4-3-5-20(14-18)26-32(2,28)29)25-27(23)33(30,31)21-12-10-19(24)11-13-21/h3-14,23,26H,15H2,1-2H3/t23-/m0/s1. The fourth-order valence-electron chi connectivity index (χ4n) is 3.61. The van der Waals surface area contributed by atoms with Crippen LogP contribution >= 0.6 is 11.6 Å². The molecule has 0 spiro atoms. The van der Waals surface area contributed by atoms with Gasteiger partial charge in [0, 0.05) is 17.1 Å². The number of anilines is 1. The number of halogens is 1. The van der Waals surface area contributed by atoms with Crippen LogP contribution in [0.2, 0.25) is 5.02 Å². The summed E-state index contributed by atoms with van der Waals surface area (Å²) in [4.78, 5) is 0.0847. The Balaban J connectivity index is 1.78. The van der Waals surface area contributed by atoms with Gasteiger partial charge < -0.3 is 0 Å². The number of nitrogens with one attached hydrogen (secondary N) is 1. The number of hydrogen-bond donors (Lipinski definition) is 1. The number of nitrogens with zero attached hydrogens (tertiary/aromatic N) is 2. The van der Waals surface area contributed by atoms with E-state index >= 15 is 0 Å². The third-order valence-electron chi connectivity index (χ3n) is 5.19. The van der Waals surface area contributed by atoms with E-state index in [4.69, 9.17) is 11.6 Å². The van der Waals surface area contributed by atoms with E-state index < -0.39 is 26.1 Å². The summed E-state index contributed by atoms with van der Waals surface area (Å²) in [5.41, 5.74) is 3.42. The van der Waals surface area contributed by atoms with Crippen LogP contribution in [0, 0.1) is 6.92 Å². The van der Waals surface area contributed by atoms with Crippen molar-refractivity contribution in [2.24, 2.45) is 5.10 Å². The first-order valence-electron chi connectivity index (χ1n) is 10.1. The summed E-state index contributed by atoms with van der Waals surface area (Å²) >= 11 is 5.94. The number of hydrazone groups is 1. The van der Waals surface area contributed by atoms with Crippen molar-refractivity contribution in [3.8, 4) is 0 Å². The zero-order chi connectivity index (χ0) is 23.8. The second kappa shape index (κ2) is 8.81. The van der Waals surface area contributed by atoms with Crippen molar-refractivity contribution in [2.45, 2.75) is 24.3 Å². The van der Waals surface area contributed by atoms with Crippen molar-refractivity contribution in [2.75, 3.05) is 11.0 Å². The molecule has 33 heavy (non-hydrogen) atoms. The van der Waals surface area contributed by atoms with Crippen LogP contribution in [0.5, 0.6) is 0 Å². The molecule has 3 aromatic rings. The lowest BCUT2D eigenvalue weighted by Crippen LogP contribution is -2.27. The molecule has 1 aliphatic rings. The predicted octanol–water partition coefficient (Wildman–Crippen LogP) is 4.56. The summed E-state index contributed by atoms with van der Waals surface area (Å²) in [5, 5.41) is 4.93. The van der Waals surface area contributed by atoms with Gasteiger partial charge in [-0.2, -0.15) is 17.9 Å². The molecule has 0 fully saturated rings. The molecule has 0 aromatic heterocycles. The topological polar surface area (TPSA) is 95.9 Å². The minimum absolute atomic E-state index is 0.0847. The fraction of sp³-hybridized carbons (Fsp3) is 0.174.